The molecule has 5 nitrogen and oxygen atoms in total. The molecule has 1 N–H and O–H groups in total. The Labute approximate surface area is 125 Å². The number of ether oxygens (including phenoxy) is 1. The van der Waals surface area contributed by atoms with Crippen molar-refractivity contribution in [3.05, 3.63) is 29.3 Å². The summed E-state index contributed by atoms with van der Waals surface area (Å²) in [4.78, 5) is 11.4. The van der Waals surface area contributed by atoms with Crippen LogP contribution in [0.1, 0.15) is 55.6 Å². The molecule has 1 aliphatic rings. The first-order valence-corrected chi connectivity index (χ1v) is 8.49. The smallest absolute Gasteiger partial charge is 0.306 e. The van der Waals surface area contributed by atoms with E-state index in [4.69, 9.17) is 4.74 Å². The van der Waals surface area contributed by atoms with Gasteiger partial charge in [0.2, 0.25) is 0 Å². The van der Waals surface area contributed by atoms with Gasteiger partial charge in [0.1, 0.15) is 0 Å². The monoisotopic (exact) mass is 312 g/mol. The van der Waals surface area contributed by atoms with Crippen molar-refractivity contribution < 1.29 is 22.5 Å². The van der Waals surface area contributed by atoms with Gasteiger partial charge in [0.25, 0.3) is 10.1 Å². The summed E-state index contributed by atoms with van der Waals surface area (Å²) < 4.78 is 36.6. The SMILES string of the molecule is CCC1CCC(CC(=O)OC)c2cc(S(=O)(=O)O)ccc21. The Bertz CT molecular complexity index is 635. The van der Waals surface area contributed by atoms with E-state index in [1.807, 2.05) is 0 Å². The minimum atomic E-state index is -4.23. The molecule has 2 unspecified atom stereocenters. The molecule has 0 fully saturated rings. The van der Waals surface area contributed by atoms with Crippen molar-refractivity contribution in [1.29, 1.82) is 0 Å². The van der Waals surface area contributed by atoms with Crippen molar-refractivity contribution in [3.63, 3.8) is 0 Å². The van der Waals surface area contributed by atoms with Crippen LogP contribution >= 0.6 is 0 Å². The molecule has 116 valence electrons. The summed E-state index contributed by atoms with van der Waals surface area (Å²) in [5.41, 5.74) is 1.92. The Morgan fingerprint density at radius 1 is 1.29 bits per heavy atom. The van der Waals surface area contributed by atoms with Crippen LogP contribution in [0.15, 0.2) is 23.1 Å². The molecule has 0 radical (unpaired) electrons. The Morgan fingerprint density at radius 3 is 2.52 bits per heavy atom. The van der Waals surface area contributed by atoms with Crippen LogP contribution in [0, 0.1) is 0 Å². The molecule has 0 bridgehead atoms. The Hall–Kier alpha value is -1.40. The zero-order valence-electron chi connectivity index (χ0n) is 12.2. The molecule has 21 heavy (non-hydrogen) atoms. The molecule has 1 aliphatic carbocycles. The summed E-state index contributed by atoms with van der Waals surface area (Å²) >= 11 is 0. The molecule has 0 amide bonds. The zero-order valence-corrected chi connectivity index (χ0v) is 13.0. The highest BCUT2D eigenvalue weighted by atomic mass is 32.2. The molecular formula is C15H20O5S. The molecule has 0 saturated heterocycles. The summed E-state index contributed by atoms with van der Waals surface area (Å²) in [5.74, 6) is -0.000508. The van der Waals surface area contributed by atoms with Crippen LogP contribution in [-0.4, -0.2) is 26.0 Å². The van der Waals surface area contributed by atoms with E-state index in [1.165, 1.54) is 19.2 Å². The fourth-order valence-corrected chi connectivity index (χ4v) is 3.59. The Kier molecular flexibility index (Phi) is 4.68. The molecule has 0 saturated carbocycles. The molecule has 0 aromatic heterocycles. The fourth-order valence-electron chi connectivity index (χ4n) is 3.07. The van der Waals surface area contributed by atoms with Gasteiger partial charge in [0.15, 0.2) is 0 Å². The number of fused-ring (bicyclic) bond motifs is 1. The van der Waals surface area contributed by atoms with Crippen LogP contribution in [0.4, 0.5) is 0 Å². The van der Waals surface area contributed by atoms with Gasteiger partial charge in [0.05, 0.1) is 18.4 Å². The van der Waals surface area contributed by atoms with Gasteiger partial charge in [-0.2, -0.15) is 8.42 Å². The number of methoxy groups -OCH3 is 1. The summed E-state index contributed by atoms with van der Waals surface area (Å²) in [6.07, 6.45) is 2.98. The maximum absolute atomic E-state index is 11.5. The average molecular weight is 312 g/mol. The molecule has 6 heteroatoms. The van der Waals surface area contributed by atoms with Gasteiger partial charge in [-0.25, -0.2) is 0 Å². The van der Waals surface area contributed by atoms with Gasteiger partial charge >= 0.3 is 5.97 Å². The third-order valence-corrected chi connectivity index (χ3v) is 5.08. The van der Waals surface area contributed by atoms with Crippen LogP contribution in [0.5, 0.6) is 0 Å². The van der Waals surface area contributed by atoms with Crippen molar-refractivity contribution in [3.8, 4) is 0 Å². The van der Waals surface area contributed by atoms with E-state index < -0.39 is 10.1 Å². The number of hydrogen-bond donors (Lipinski definition) is 1. The number of esters is 1. The van der Waals surface area contributed by atoms with E-state index in [9.17, 15) is 17.8 Å². The first-order valence-electron chi connectivity index (χ1n) is 7.05. The van der Waals surface area contributed by atoms with Crippen LogP contribution < -0.4 is 0 Å². The predicted molar refractivity (Wildman–Crippen MR) is 77.9 cm³/mol. The maximum Gasteiger partial charge on any atom is 0.306 e. The lowest BCUT2D eigenvalue weighted by molar-refractivity contribution is -0.141. The topological polar surface area (TPSA) is 80.7 Å². The lowest BCUT2D eigenvalue weighted by Crippen LogP contribution is -2.18. The summed E-state index contributed by atoms with van der Waals surface area (Å²) in [5, 5.41) is 0. The molecule has 1 aromatic rings. The van der Waals surface area contributed by atoms with Gasteiger partial charge in [-0.05, 0) is 54.4 Å². The summed E-state index contributed by atoms with van der Waals surface area (Å²) in [7, 11) is -2.89. The average Bonchev–Trinajstić information content (AvgIpc) is 2.46. The van der Waals surface area contributed by atoms with Crippen LogP contribution in [0.2, 0.25) is 0 Å². The van der Waals surface area contributed by atoms with E-state index in [2.05, 4.69) is 6.92 Å². The summed E-state index contributed by atoms with van der Waals surface area (Å²) in [6, 6.07) is 4.69. The largest absolute Gasteiger partial charge is 0.469 e. The van der Waals surface area contributed by atoms with Crippen molar-refractivity contribution in [2.45, 2.75) is 49.3 Å². The number of hydrogen-bond acceptors (Lipinski definition) is 4. The van der Waals surface area contributed by atoms with Crippen molar-refractivity contribution >= 4 is 16.1 Å². The molecular weight excluding hydrogens is 292 g/mol. The summed E-state index contributed by atoms with van der Waals surface area (Å²) in [6.45, 7) is 2.09. The van der Waals surface area contributed by atoms with Crippen molar-refractivity contribution in [2.24, 2.45) is 0 Å². The first-order chi connectivity index (χ1) is 9.86. The number of carbonyl (C=O) groups excluding carboxylic acids is 1. The van der Waals surface area contributed by atoms with Gasteiger partial charge in [-0.15, -0.1) is 0 Å². The number of carbonyl (C=O) groups is 1. The van der Waals surface area contributed by atoms with Crippen molar-refractivity contribution in [1.82, 2.24) is 0 Å². The first kappa shape index (κ1) is 16.0. The molecule has 0 spiro atoms. The highest BCUT2D eigenvalue weighted by Crippen LogP contribution is 2.42. The fraction of sp³-hybridized carbons (Fsp3) is 0.533. The third-order valence-electron chi connectivity index (χ3n) is 4.23. The van der Waals surface area contributed by atoms with E-state index in [0.717, 1.165) is 30.4 Å². The standard InChI is InChI=1S/C15H20O5S/c1-3-10-4-5-11(8-15(16)20-2)14-9-12(21(17,18)19)6-7-13(10)14/h6-7,9-11H,3-5,8H2,1-2H3,(H,17,18,19). The Balaban J connectivity index is 2.46. The lowest BCUT2D eigenvalue weighted by Gasteiger charge is -2.31. The second-order valence-corrected chi connectivity index (χ2v) is 6.85. The predicted octanol–water partition coefficient (Wildman–Crippen LogP) is 2.87. The second kappa shape index (κ2) is 6.15. The minimum absolute atomic E-state index is 0.0584. The normalized spacial score (nSPS) is 21.7. The van der Waals surface area contributed by atoms with E-state index in [1.54, 1.807) is 6.07 Å². The van der Waals surface area contributed by atoms with Crippen LogP contribution in [0.25, 0.3) is 0 Å². The molecule has 0 aliphatic heterocycles. The van der Waals surface area contributed by atoms with Gasteiger partial charge in [-0.1, -0.05) is 13.0 Å². The third kappa shape index (κ3) is 3.44. The van der Waals surface area contributed by atoms with Crippen LogP contribution in [-0.2, 0) is 19.6 Å². The van der Waals surface area contributed by atoms with E-state index in [0.29, 0.717) is 5.92 Å². The highest BCUT2D eigenvalue weighted by molar-refractivity contribution is 7.85. The molecule has 2 atom stereocenters. The maximum atomic E-state index is 11.5. The number of benzene rings is 1. The second-order valence-electron chi connectivity index (χ2n) is 5.43. The van der Waals surface area contributed by atoms with Gasteiger partial charge in [-0.3, -0.25) is 9.35 Å². The zero-order chi connectivity index (χ0) is 15.6. The number of rotatable bonds is 4. The van der Waals surface area contributed by atoms with Gasteiger partial charge in [0, 0.05) is 0 Å². The Morgan fingerprint density at radius 2 is 1.95 bits per heavy atom. The molecule has 0 heterocycles. The highest BCUT2D eigenvalue weighted by Gasteiger charge is 2.29. The van der Waals surface area contributed by atoms with Crippen LogP contribution in [0.3, 0.4) is 0 Å². The quantitative estimate of drug-likeness (QED) is 0.683. The van der Waals surface area contributed by atoms with E-state index in [-0.39, 0.29) is 23.2 Å². The lowest BCUT2D eigenvalue weighted by atomic mass is 9.74. The van der Waals surface area contributed by atoms with Crippen molar-refractivity contribution in [2.75, 3.05) is 7.11 Å². The van der Waals surface area contributed by atoms with Gasteiger partial charge < -0.3 is 4.74 Å². The minimum Gasteiger partial charge on any atom is -0.469 e. The van der Waals surface area contributed by atoms with E-state index >= 15 is 0 Å². The molecule has 2 rings (SSSR count). The molecule has 1 aromatic carbocycles.